The monoisotopic (exact) mass is 465 g/mol. The summed E-state index contributed by atoms with van der Waals surface area (Å²) in [5.41, 5.74) is 3.19. The maximum Gasteiger partial charge on any atom is 0.298 e. The quantitative estimate of drug-likeness (QED) is 0.311. The summed E-state index contributed by atoms with van der Waals surface area (Å²) in [7, 11) is 0. The van der Waals surface area contributed by atoms with E-state index in [4.69, 9.17) is 4.42 Å². The van der Waals surface area contributed by atoms with Crippen LogP contribution < -0.4 is 9.80 Å². The Bertz CT molecular complexity index is 1370. The van der Waals surface area contributed by atoms with Crippen LogP contribution in [0.25, 0.3) is 11.3 Å². The van der Waals surface area contributed by atoms with Gasteiger partial charge in [-0.15, -0.1) is 0 Å². The number of hydrogen-bond donors (Lipinski definition) is 1. The first-order chi connectivity index (χ1) is 17.0. The zero-order chi connectivity index (χ0) is 24.4. The van der Waals surface area contributed by atoms with E-state index in [1.54, 1.807) is 24.3 Å². The molecule has 0 fully saturated rings. The Morgan fingerprint density at radius 1 is 0.914 bits per heavy atom. The first kappa shape index (κ1) is 22.2. The number of fused-ring (bicyclic) bond motifs is 1. The molecule has 1 N–H and O–H groups in total. The van der Waals surface area contributed by atoms with Gasteiger partial charge in [0.2, 0.25) is 5.91 Å². The SMILES string of the molecule is CC(=O)N1C(=O)/C(=C(/O)c2coc(N(Cc3ccccc3)Cc3ccccc3)n2)c2ccccc21. The van der Waals surface area contributed by atoms with Crippen molar-refractivity contribution in [1.29, 1.82) is 0 Å². The minimum absolute atomic E-state index is 0.0216. The summed E-state index contributed by atoms with van der Waals surface area (Å²) in [5.74, 6) is -1.35. The topological polar surface area (TPSA) is 86.9 Å². The number of amides is 2. The van der Waals surface area contributed by atoms with Crippen LogP contribution in [0.5, 0.6) is 0 Å². The standard InChI is InChI=1S/C28H23N3O4/c1-19(32)31-24-15-9-8-14-22(24)25(27(31)34)26(33)23-18-35-28(29-23)30(16-20-10-4-2-5-11-20)17-21-12-6-3-7-13-21/h2-15,18,33H,16-17H2,1H3/b26-25+. The smallest absolute Gasteiger partial charge is 0.298 e. The average molecular weight is 466 g/mol. The zero-order valence-corrected chi connectivity index (χ0v) is 19.1. The lowest BCUT2D eigenvalue weighted by atomic mass is 10.1. The molecule has 1 aromatic heterocycles. The Hall–Kier alpha value is -4.65. The van der Waals surface area contributed by atoms with E-state index in [9.17, 15) is 14.7 Å². The van der Waals surface area contributed by atoms with Gasteiger partial charge in [0, 0.05) is 25.6 Å². The van der Waals surface area contributed by atoms with E-state index in [1.807, 2.05) is 65.6 Å². The summed E-state index contributed by atoms with van der Waals surface area (Å²) in [6, 6.07) is 27.0. The number of hydrogen-bond acceptors (Lipinski definition) is 6. The predicted octanol–water partition coefficient (Wildman–Crippen LogP) is 5.20. The minimum Gasteiger partial charge on any atom is -0.505 e. The molecule has 1 aliphatic heterocycles. The summed E-state index contributed by atoms with van der Waals surface area (Å²) in [6.07, 6.45) is 1.33. The van der Waals surface area contributed by atoms with Crippen molar-refractivity contribution in [2.75, 3.05) is 9.80 Å². The second-order valence-corrected chi connectivity index (χ2v) is 8.24. The van der Waals surface area contributed by atoms with E-state index in [2.05, 4.69) is 4.98 Å². The third-order valence-electron chi connectivity index (χ3n) is 5.82. The molecule has 3 aromatic carbocycles. The van der Waals surface area contributed by atoms with Gasteiger partial charge in [-0.3, -0.25) is 9.59 Å². The number of aromatic nitrogens is 1. The predicted molar refractivity (Wildman–Crippen MR) is 133 cm³/mol. The summed E-state index contributed by atoms with van der Waals surface area (Å²) < 4.78 is 5.78. The van der Waals surface area contributed by atoms with E-state index in [0.717, 1.165) is 16.0 Å². The fraction of sp³-hybridized carbons (Fsp3) is 0.107. The summed E-state index contributed by atoms with van der Waals surface area (Å²) in [4.78, 5) is 32.7. The van der Waals surface area contributed by atoms with Crippen molar-refractivity contribution in [3.63, 3.8) is 0 Å². The van der Waals surface area contributed by atoms with Gasteiger partial charge in [-0.05, 0) is 17.2 Å². The van der Waals surface area contributed by atoms with Gasteiger partial charge in [0.15, 0.2) is 5.76 Å². The Balaban J connectivity index is 1.52. The van der Waals surface area contributed by atoms with E-state index in [0.29, 0.717) is 30.4 Å². The lowest BCUT2D eigenvalue weighted by Gasteiger charge is -2.21. The van der Waals surface area contributed by atoms with Gasteiger partial charge >= 0.3 is 0 Å². The molecule has 5 rings (SSSR count). The molecule has 2 amide bonds. The van der Waals surface area contributed by atoms with Crippen molar-refractivity contribution >= 4 is 34.8 Å². The van der Waals surface area contributed by atoms with Crippen molar-refractivity contribution in [1.82, 2.24) is 4.98 Å². The van der Waals surface area contributed by atoms with Gasteiger partial charge in [0.1, 0.15) is 12.0 Å². The highest BCUT2D eigenvalue weighted by Crippen LogP contribution is 2.40. The highest BCUT2D eigenvalue weighted by atomic mass is 16.4. The van der Waals surface area contributed by atoms with E-state index >= 15 is 0 Å². The number of aliphatic hydroxyl groups excluding tert-OH is 1. The number of para-hydroxylation sites is 1. The van der Waals surface area contributed by atoms with E-state index in [-0.39, 0.29) is 17.0 Å². The molecule has 0 saturated heterocycles. The molecule has 0 aliphatic carbocycles. The number of rotatable bonds is 6. The Morgan fingerprint density at radius 3 is 2.09 bits per heavy atom. The van der Waals surface area contributed by atoms with Crippen molar-refractivity contribution < 1.29 is 19.1 Å². The third-order valence-corrected chi connectivity index (χ3v) is 5.82. The summed E-state index contributed by atoms with van der Waals surface area (Å²) in [5, 5.41) is 11.1. The molecular formula is C28H23N3O4. The molecular weight excluding hydrogens is 442 g/mol. The number of anilines is 2. The Morgan fingerprint density at radius 2 is 1.49 bits per heavy atom. The second-order valence-electron chi connectivity index (χ2n) is 8.24. The molecule has 0 saturated carbocycles. The molecule has 7 nitrogen and oxygen atoms in total. The first-order valence-corrected chi connectivity index (χ1v) is 11.2. The van der Waals surface area contributed by atoms with Crippen molar-refractivity contribution in [3.05, 3.63) is 114 Å². The molecule has 0 spiro atoms. The maximum absolute atomic E-state index is 13.1. The van der Waals surface area contributed by atoms with Gasteiger partial charge < -0.3 is 14.4 Å². The van der Waals surface area contributed by atoms with E-state index in [1.165, 1.54) is 13.2 Å². The van der Waals surface area contributed by atoms with Gasteiger partial charge in [0.25, 0.3) is 11.9 Å². The number of carbonyl (C=O) groups is 2. The van der Waals surface area contributed by atoms with Crippen LogP contribution in [-0.2, 0) is 22.7 Å². The van der Waals surface area contributed by atoms with Crippen molar-refractivity contribution in [2.45, 2.75) is 20.0 Å². The summed E-state index contributed by atoms with van der Waals surface area (Å²) in [6.45, 7) is 2.38. The number of oxazole rings is 1. The van der Waals surface area contributed by atoms with Crippen LogP contribution in [0.15, 0.2) is 95.6 Å². The molecule has 0 radical (unpaired) electrons. The molecule has 1 aliphatic rings. The first-order valence-electron chi connectivity index (χ1n) is 11.2. The average Bonchev–Trinajstić information content (AvgIpc) is 3.47. The minimum atomic E-state index is -0.592. The van der Waals surface area contributed by atoms with Crippen LogP contribution in [0, 0.1) is 0 Å². The number of carbonyl (C=O) groups excluding carboxylic acids is 2. The van der Waals surface area contributed by atoms with Crippen molar-refractivity contribution in [3.8, 4) is 0 Å². The third kappa shape index (κ3) is 4.31. The highest BCUT2D eigenvalue weighted by molar-refractivity contribution is 6.42. The van der Waals surface area contributed by atoms with Crippen LogP contribution in [0.4, 0.5) is 11.7 Å². The summed E-state index contributed by atoms with van der Waals surface area (Å²) >= 11 is 0. The van der Waals surface area contributed by atoms with Crippen LogP contribution in [0.1, 0.15) is 29.3 Å². The second kappa shape index (κ2) is 9.30. The molecule has 0 atom stereocenters. The molecule has 0 unspecified atom stereocenters. The van der Waals surface area contributed by atoms with Gasteiger partial charge in [-0.2, -0.15) is 4.98 Å². The zero-order valence-electron chi connectivity index (χ0n) is 19.1. The van der Waals surface area contributed by atoms with Crippen LogP contribution in [-0.4, -0.2) is 21.9 Å². The van der Waals surface area contributed by atoms with Crippen LogP contribution >= 0.6 is 0 Å². The molecule has 4 aromatic rings. The number of benzene rings is 3. The van der Waals surface area contributed by atoms with Gasteiger partial charge in [0.05, 0.1) is 11.3 Å². The maximum atomic E-state index is 13.1. The molecule has 174 valence electrons. The van der Waals surface area contributed by atoms with Gasteiger partial charge in [-0.25, -0.2) is 4.90 Å². The lowest BCUT2D eigenvalue weighted by molar-refractivity contribution is -0.122. The Labute approximate surface area is 202 Å². The van der Waals surface area contributed by atoms with Gasteiger partial charge in [-0.1, -0.05) is 78.9 Å². The molecule has 2 heterocycles. The molecule has 0 bridgehead atoms. The van der Waals surface area contributed by atoms with Crippen LogP contribution in [0.2, 0.25) is 0 Å². The fourth-order valence-electron chi connectivity index (χ4n) is 4.20. The number of aliphatic hydroxyl groups is 1. The number of imide groups is 1. The Kier molecular flexibility index (Phi) is 5.89. The highest BCUT2D eigenvalue weighted by Gasteiger charge is 2.38. The fourth-order valence-corrected chi connectivity index (χ4v) is 4.20. The lowest BCUT2D eigenvalue weighted by Crippen LogP contribution is -2.31. The normalized spacial score (nSPS) is 14.1. The number of nitrogens with zero attached hydrogens (tertiary/aromatic N) is 3. The van der Waals surface area contributed by atoms with Crippen molar-refractivity contribution in [2.24, 2.45) is 0 Å². The largest absolute Gasteiger partial charge is 0.505 e. The van der Waals surface area contributed by atoms with E-state index < -0.39 is 11.8 Å². The molecule has 7 heteroatoms. The van der Waals surface area contributed by atoms with Crippen LogP contribution in [0.3, 0.4) is 0 Å². The molecule has 35 heavy (non-hydrogen) atoms.